The van der Waals surface area contributed by atoms with Crippen LogP contribution in [0.25, 0.3) is 0 Å². The number of ether oxygens (including phenoxy) is 13. The predicted molar refractivity (Wildman–Crippen MR) is 363 cm³/mol. The Labute approximate surface area is 597 Å². The number of carbonyl (C=O) groups is 8. The molecule has 2 unspecified atom stereocenters. The van der Waals surface area contributed by atoms with Crippen molar-refractivity contribution in [3.63, 3.8) is 0 Å². The largest absolute Gasteiger partial charge is 0.391 e. The Kier molecular flexibility index (Phi) is 27.6. The number of carbonyl (C=O) groups excluding carboxylic acids is 8. The molecule has 0 aromatic rings. The Morgan fingerprint density at radius 3 is 2.05 bits per heavy atom. The summed E-state index contributed by atoms with van der Waals surface area (Å²) in [5.74, 6) is -4.56. The minimum absolute atomic E-state index is 0.00454. The maximum atomic E-state index is 14.7. The van der Waals surface area contributed by atoms with Crippen LogP contribution in [0.4, 0.5) is 4.79 Å². The standard InChI is InChI=1S/C72H110N8O22/c1-41(2)62(77-58(83)40-78-20-24-91-28-30-93-26-22-79(23-27-94-31-29-92-25-21-78)59(84)16-19-80-60(85)13-14-61(80)86)70(88)76-51(8-7-18-74-71(73)89)69(87)75-39-46(82)36-56-63(90-6)50-35-45(81)34-48-10-12-53-64(97-48)68-67-66(99-53)65-57(100-67)38-72(101-65,102-68)17-15-49-33-43(4)52(95-49)11-9-47-32-42(3)44(5)54(96-47)37-55(50)98-56/h13-14,41-42,46-57,62-68,82H,4-5,7-12,15-40H2,1-3,6H3,(H,75,87)(H,76,88)(H,77,83)(H3,73,74,89)/t42-,46+,47+,48-,49+,50+,51+,52+,53+,54-,55+,56-,57-,62+,63-,64+,65+,66?,67?,68+,72+/m1/s1. The monoisotopic (exact) mass is 1440 g/mol. The number of amides is 8. The van der Waals surface area contributed by atoms with Crippen LogP contribution in [0.15, 0.2) is 36.5 Å². The number of Topliss-reactive ketones (excluding diaryl/α,β-unsaturated/α-hetero) is 1. The molecule has 30 heteroatoms. The van der Waals surface area contributed by atoms with Crippen LogP contribution in [0.2, 0.25) is 0 Å². The van der Waals surface area contributed by atoms with Gasteiger partial charge in [-0.25, -0.2) is 4.79 Å². The van der Waals surface area contributed by atoms with Gasteiger partial charge < -0.3 is 98.6 Å². The maximum absolute atomic E-state index is 14.7. The quantitative estimate of drug-likeness (QED) is 0.0601. The summed E-state index contributed by atoms with van der Waals surface area (Å²) in [5.41, 5.74) is 7.37. The minimum Gasteiger partial charge on any atom is -0.391 e. The first kappa shape index (κ1) is 77.7. The molecule has 12 aliphatic heterocycles. The van der Waals surface area contributed by atoms with Gasteiger partial charge in [-0.15, -0.1) is 0 Å². The summed E-state index contributed by atoms with van der Waals surface area (Å²) in [6.45, 7) is 17.3. The summed E-state index contributed by atoms with van der Waals surface area (Å²) in [7, 11) is 1.57. The number of rotatable bonds is 19. The Balaban J connectivity index is 0.695. The van der Waals surface area contributed by atoms with Crippen LogP contribution in [-0.2, 0) is 95.1 Å². The van der Waals surface area contributed by atoms with Crippen molar-refractivity contribution in [1.29, 1.82) is 0 Å². The van der Waals surface area contributed by atoms with Crippen LogP contribution in [0.5, 0.6) is 0 Å². The van der Waals surface area contributed by atoms with E-state index in [0.29, 0.717) is 45.2 Å². The molecule has 11 fully saturated rings. The highest BCUT2D eigenvalue weighted by Crippen LogP contribution is 2.54. The second kappa shape index (κ2) is 36.2. The summed E-state index contributed by atoms with van der Waals surface area (Å²) < 4.78 is 84.4. The summed E-state index contributed by atoms with van der Waals surface area (Å²) in [5, 5.41) is 22.9. The van der Waals surface area contributed by atoms with Crippen LogP contribution in [0.3, 0.4) is 0 Å². The average Bonchev–Trinajstić information content (AvgIpc) is 1.55. The SMILES string of the molecule is C=C1C[C@@H]2CC[C@@]34C[C@H]5OC6C(O[C@H]7CC[C@H](CC(=O)C[C@@H]8[C@@H](OC)[C@@H](C[C@H](O)CNC(=O)[C@H](CCCNC(N)=O)NC(=O)[C@@H](NC(=O)CN9CCOCCOCCN(C(=O)CCN%10C(=O)C=CC%10=O)CCOCCOCC9)C(C)C)O[C@H]8C[C@H]8O[C@@H](CC[C@@H]1O2)C[C@@H](C)C8=C)O[C@@H]7[C@@H]6O3)[C@H]5O4. The molecule has 0 radical (unpaired) electrons. The number of fused-ring (bicyclic) bond motifs is 6. The number of ketones is 1. The van der Waals surface area contributed by atoms with Gasteiger partial charge in [0.2, 0.25) is 23.6 Å². The third kappa shape index (κ3) is 20.0. The molecule has 0 aromatic heterocycles. The van der Waals surface area contributed by atoms with Crippen LogP contribution in [0, 0.1) is 17.8 Å². The second-order valence-electron chi connectivity index (χ2n) is 29.7. The molecule has 11 saturated heterocycles. The van der Waals surface area contributed by atoms with E-state index in [1.807, 2.05) is 4.90 Å². The van der Waals surface area contributed by atoms with Gasteiger partial charge in [0.15, 0.2) is 5.79 Å². The Hall–Kier alpha value is -5.42. The number of nitrogens with zero attached hydrogens (tertiary/aromatic N) is 3. The van der Waals surface area contributed by atoms with Crippen LogP contribution in [0.1, 0.15) is 124 Å². The number of hydrogen-bond donors (Lipinski definition) is 6. The molecule has 12 rings (SSSR count). The van der Waals surface area contributed by atoms with E-state index in [1.54, 1.807) is 25.9 Å². The van der Waals surface area contributed by atoms with Crippen molar-refractivity contribution >= 4 is 47.3 Å². The second-order valence-corrected chi connectivity index (χ2v) is 29.7. The number of nitrogens with two attached hydrogens (primary N) is 1. The minimum atomic E-state index is -1.19. The fourth-order valence-corrected chi connectivity index (χ4v) is 16.6. The first-order valence-electron chi connectivity index (χ1n) is 37.2. The molecular formula is C72H110N8O22. The van der Waals surface area contributed by atoms with Gasteiger partial charge in [-0.2, -0.15) is 0 Å². The number of primary amides is 1. The number of urea groups is 1. The van der Waals surface area contributed by atoms with E-state index in [0.717, 1.165) is 48.2 Å². The third-order valence-corrected chi connectivity index (χ3v) is 22.1. The van der Waals surface area contributed by atoms with Gasteiger partial charge >= 0.3 is 6.03 Å². The highest BCUT2D eigenvalue weighted by molar-refractivity contribution is 6.13. The topological polar surface area (TPSA) is 361 Å². The fraction of sp³-hybridized carbons (Fsp3) is 0.806. The molecule has 570 valence electrons. The summed E-state index contributed by atoms with van der Waals surface area (Å²) in [4.78, 5) is 110. The van der Waals surface area contributed by atoms with Crippen LogP contribution in [-0.4, -0.2) is 295 Å². The first-order valence-corrected chi connectivity index (χ1v) is 37.2. The summed E-state index contributed by atoms with van der Waals surface area (Å²) in [6.07, 6.45) is 3.06. The molecule has 102 heavy (non-hydrogen) atoms. The van der Waals surface area contributed by atoms with Gasteiger partial charge in [0.05, 0.1) is 127 Å². The van der Waals surface area contributed by atoms with E-state index < -0.39 is 114 Å². The molecule has 8 amide bonds. The Morgan fingerprint density at radius 2 is 1.35 bits per heavy atom. The van der Waals surface area contributed by atoms with Crippen molar-refractivity contribution in [1.82, 2.24) is 36.0 Å². The molecule has 12 bridgehead atoms. The third-order valence-electron chi connectivity index (χ3n) is 22.1. The average molecular weight is 1440 g/mol. The molecule has 12 aliphatic rings. The van der Waals surface area contributed by atoms with Crippen molar-refractivity contribution in [2.45, 2.75) is 239 Å². The molecule has 0 aromatic carbocycles. The molecule has 0 saturated carbocycles. The highest BCUT2D eigenvalue weighted by atomic mass is 16.8. The maximum Gasteiger partial charge on any atom is 0.312 e. The van der Waals surface area contributed by atoms with Gasteiger partial charge in [-0.05, 0) is 80.8 Å². The lowest BCUT2D eigenvalue weighted by Gasteiger charge is -2.47. The van der Waals surface area contributed by atoms with Gasteiger partial charge in [-0.1, -0.05) is 33.9 Å². The van der Waals surface area contributed by atoms with Crippen LogP contribution < -0.4 is 27.0 Å². The smallest absolute Gasteiger partial charge is 0.312 e. The van der Waals surface area contributed by atoms with Gasteiger partial charge in [-0.3, -0.25) is 43.4 Å². The number of imide groups is 1. The van der Waals surface area contributed by atoms with Crippen LogP contribution >= 0.6 is 0 Å². The zero-order chi connectivity index (χ0) is 72.2. The molecule has 1 spiro atoms. The van der Waals surface area contributed by atoms with E-state index >= 15 is 0 Å². The Morgan fingerprint density at radius 1 is 0.696 bits per heavy atom. The van der Waals surface area contributed by atoms with E-state index in [-0.39, 0.29) is 197 Å². The number of aliphatic hydroxyl groups excluding tert-OH is 1. The van der Waals surface area contributed by atoms with E-state index in [1.165, 1.54) is 12.2 Å². The fourth-order valence-electron chi connectivity index (χ4n) is 16.6. The zero-order valence-corrected chi connectivity index (χ0v) is 59.8. The number of aliphatic hydroxyl groups is 1. The van der Waals surface area contributed by atoms with E-state index in [4.69, 9.17) is 67.3 Å². The van der Waals surface area contributed by atoms with E-state index in [2.05, 4.69) is 41.3 Å². The van der Waals surface area contributed by atoms with E-state index in [9.17, 15) is 43.5 Å². The molecule has 30 nitrogen and oxygen atoms in total. The van der Waals surface area contributed by atoms with Crippen molar-refractivity contribution in [3.05, 3.63) is 36.5 Å². The number of hydrogen-bond acceptors (Lipinski definition) is 23. The van der Waals surface area contributed by atoms with Gasteiger partial charge in [0.1, 0.15) is 48.4 Å². The van der Waals surface area contributed by atoms with Gasteiger partial charge in [0, 0.05) is 116 Å². The summed E-state index contributed by atoms with van der Waals surface area (Å²) >= 11 is 0. The number of methoxy groups -OCH3 is 1. The molecular weight excluding hydrogens is 1330 g/mol. The first-order chi connectivity index (χ1) is 49.1. The highest BCUT2D eigenvalue weighted by Gasteiger charge is 2.69. The number of nitrogens with one attached hydrogen (secondary N) is 4. The molecule has 12 heterocycles. The normalized spacial score (nSPS) is 36.1. The lowest BCUT2D eigenvalue weighted by atomic mass is 9.81. The lowest BCUT2D eigenvalue weighted by Crippen LogP contribution is -2.61. The predicted octanol–water partition coefficient (Wildman–Crippen LogP) is 1.20. The van der Waals surface area contributed by atoms with Crippen molar-refractivity contribution < 1.29 is 105 Å². The lowest BCUT2D eigenvalue weighted by molar-refractivity contribution is -0.292. The molecule has 21 atom stereocenters. The van der Waals surface area contributed by atoms with Gasteiger partial charge in [0.25, 0.3) is 11.8 Å². The van der Waals surface area contributed by atoms with Crippen molar-refractivity contribution in [2.75, 3.05) is 112 Å². The van der Waals surface area contributed by atoms with Crippen molar-refractivity contribution in [2.24, 2.45) is 23.5 Å². The van der Waals surface area contributed by atoms with Crippen molar-refractivity contribution in [3.8, 4) is 0 Å². The Bertz CT molecular complexity index is 2940. The molecule has 7 N–H and O–H groups in total. The zero-order valence-electron chi connectivity index (χ0n) is 59.8. The molecule has 0 aliphatic carbocycles. The summed E-state index contributed by atoms with van der Waals surface area (Å²) in [6, 6.07) is -3.03.